The maximum absolute atomic E-state index is 12.6. The van der Waals surface area contributed by atoms with Crippen LogP contribution in [0.2, 0.25) is 0 Å². The zero-order chi connectivity index (χ0) is 21.8. The quantitative estimate of drug-likeness (QED) is 0.627. The molecule has 1 aromatic carbocycles. The summed E-state index contributed by atoms with van der Waals surface area (Å²) in [4.78, 5) is 47.6. The van der Waals surface area contributed by atoms with Crippen molar-refractivity contribution in [2.45, 2.75) is 39.3 Å². The van der Waals surface area contributed by atoms with Gasteiger partial charge in [-0.1, -0.05) is 17.3 Å². The second-order valence-corrected chi connectivity index (χ2v) is 7.62. The molecule has 31 heavy (non-hydrogen) atoms. The Labute approximate surface area is 178 Å². The highest BCUT2D eigenvalue weighted by Crippen LogP contribution is 2.18. The first-order chi connectivity index (χ1) is 15.0. The van der Waals surface area contributed by atoms with Gasteiger partial charge in [-0.25, -0.2) is 4.98 Å². The molecule has 1 saturated heterocycles. The maximum Gasteiger partial charge on any atom is 0.261 e. The summed E-state index contributed by atoms with van der Waals surface area (Å²) >= 11 is 0. The molecule has 10 heteroatoms. The number of amides is 2. The molecule has 0 unspecified atom stereocenters. The van der Waals surface area contributed by atoms with Crippen LogP contribution < -0.4 is 10.9 Å². The fraction of sp³-hybridized carbons (Fsp3) is 0.429. The highest BCUT2D eigenvalue weighted by molar-refractivity contribution is 5.80. The predicted molar refractivity (Wildman–Crippen MR) is 111 cm³/mol. The third-order valence-corrected chi connectivity index (χ3v) is 5.50. The van der Waals surface area contributed by atoms with E-state index in [1.54, 1.807) is 30.0 Å². The van der Waals surface area contributed by atoms with E-state index in [2.05, 4.69) is 20.4 Å². The fourth-order valence-corrected chi connectivity index (χ4v) is 3.75. The third kappa shape index (κ3) is 4.79. The zero-order valence-corrected chi connectivity index (χ0v) is 17.3. The molecule has 3 heterocycles. The van der Waals surface area contributed by atoms with Crippen molar-refractivity contribution in [1.82, 2.24) is 29.9 Å². The Hall–Kier alpha value is -3.56. The van der Waals surface area contributed by atoms with Crippen LogP contribution in [0.25, 0.3) is 10.9 Å². The van der Waals surface area contributed by atoms with E-state index in [-0.39, 0.29) is 42.8 Å². The van der Waals surface area contributed by atoms with E-state index in [1.165, 1.54) is 10.9 Å². The van der Waals surface area contributed by atoms with Crippen LogP contribution in [-0.2, 0) is 22.7 Å². The van der Waals surface area contributed by atoms with Crippen molar-refractivity contribution in [3.63, 3.8) is 0 Å². The van der Waals surface area contributed by atoms with Crippen molar-refractivity contribution in [2.75, 3.05) is 13.1 Å². The Balaban J connectivity index is 1.25. The molecular formula is C21H24N6O4. The summed E-state index contributed by atoms with van der Waals surface area (Å²) in [5.74, 6) is 0.645. The highest BCUT2D eigenvalue weighted by atomic mass is 16.5. The summed E-state index contributed by atoms with van der Waals surface area (Å²) < 4.78 is 6.46. The Morgan fingerprint density at radius 3 is 2.74 bits per heavy atom. The maximum atomic E-state index is 12.6. The number of carbonyl (C=O) groups is 2. The van der Waals surface area contributed by atoms with Gasteiger partial charge >= 0.3 is 0 Å². The lowest BCUT2D eigenvalue weighted by atomic mass is 9.95. The summed E-state index contributed by atoms with van der Waals surface area (Å²) in [6, 6.07) is 7.15. The van der Waals surface area contributed by atoms with Crippen LogP contribution in [0.5, 0.6) is 0 Å². The highest BCUT2D eigenvalue weighted by Gasteiger charge is 2.27. The molecule has 0 spiro atoms. The molecule has 0 atom stereocenters. The van der Waals surface area contributed by atoms with Crippen molar-refractivity contribution >= 4 is 22.7 Å². The van der Waals surface area contributed by atoms with Crippen LogP contribution in [0.1, 0.15) is 31.0 Å². The number of carbonyl (C=O) groups excluding carboxylic acids is 2. The number of benzene rings is 1. The van der Waals surface area contributed by atoms with Gasteiger partial charge < -0.3 is 14.7 Å². The number of aromatic nitrogens is 4. The van der Waals surface area contributed by atoms with Gasteiger partial charge in [0.15, 0.2) is 5.82 Å². The number of fused-ring (bicyclic) bond motifs is 1. The van der Waals surface area contributed by atoms with Gasteiger partial charge in [-0.3, -0.25) is 19.0 Å². The molecule has 10 nitrogen and oxygen atoms in total. The fourth-order valence-electron chi connectivity index (χ4n) is 3.75. The van der Waals surface area contributed by atoms with Crippen LogP contribution in [0.15, 0.2) is 39.9 Å². The van der Waals surface area contributed by atoms with E-state index in [1.807, 2.05) is 6.07 Å². The van der Waals surface area contributed by atoms with Gasteiger partial charge in [0.05, 0.1) is 23.8 Å². The molecule has 1 fully saturated rings. The van der Waals surface area contributed by atoms with E-state index < -0.39 is 0 Å². The molecular weight excluding hydrogens is 400 g/mol. The molecule has 1 aliphatic heterocycles. The first kappa shape index (κ1) is 20.7. The molecule has 2 amide bonds. The molecule has 162 valence electrons. The molecule has 1 N–H and O–H groups in total. The van der Waals surface area contributed by atoms with E-state index >= 15 is 0 Å². The van der Waals surface area contributed by atoms with Crippen molar-refractivity contribution in [3.05, 3.63) is 52.7 Å². The van der Waals surface area contributed by atoms with Crippen LogP contribution in [0.3, 0.4) is 0 Å². The molecule has 0 aliphatic carbocycles. The summed E-state index contributed by atoms with van der Waals surface area (Å²) in [5.41, 5.74) is 0.495. The van der Waals surface area contributed by atoms with E-state index in [9.17, 15) is 14.4 Å². The standard InChI is InChI=1S/C21H24N6O4/c1-14-24-18(31-25-14)12-22-20(29)15-6-9-26(10-7-15)19(28)8-11-27-13-23-17-5-3-2-4-16(17)21(27)30/h2-5,13,15H,6-12H2,1H3,(H,22,29). The summed E-state index contributed by atoms with van der Waals surface area (Å²) in [7, 11) is 0. The van der Waals surface area contributed by atoms with E-state index in [0.29, 0.717) is 48.5 Å². The monoisotopic (exact) mass is 424 g/mol. The minimum absolute atomic E-state index is 0.0275. The van der Waals surface area contributed by atoms with Crippen molar-refractivity contribution in [2.24, 2.45) is 5.92 Å². The number of nitrogens with one attached hydrogen (secondary N) is 1. The molecule has 4 rings (SSSR count). The SMILES string of the molecule is Cc1noc(CNC(=O)C2CCN(C(=O)CCn3cnc4ccccc4c3=O)CC2)n1. The average Bonchev–Trinajstić information content (AvgIpc) is 3.22. The first-order valence-corrected chi connectivity index (χ1v) is 10.3. The number of nitrogens with zero attached hydrogens (tertiary/aromatic N) is 5. The number of para-hydroxylation sites is 1. The number of hydrogen-bond acceptors (Lipinski definition) is 7. The number of likely N-dealkylation sites (tertiary alicyclic amines) is 1. The van der Waals surface area contributed by atoms with Gasteiger partial charge in [-0.2, -0.15) is 4.98 Å². The van der Waals surface area contributed by atoms with Crippen molar-refractivity contribution in [3.8, 4) is 0 Å². The first-order valence-electron chi connectivity index (χ1n) is 10.3. The zero-order valence-electron chi connectivity index (χ0n) is 17.3. The van der Waals surface area contributed by atoms with Crippen molar-refractivity contribution in [1.29, 1.82) is 0 Å². The molecule has 3 aromatic rings. The van der Waals surface area contributed by atoms with Crippen LogP contribution in [-0.4, -0.2) is 49.5 Å². The normalized spacial score (nSPS) is 14.7. The second-order valence-electron chi connectivity index (χ2n) is 7.62. The lowest BCUT2D eigenvalue weighted by Gasteiger charge is -2.31. The number of rotatable bonds is 6. The van der Waals surface area contributed by atoms with E-state index in [0.717, 1.165) is 0 Å². The number of hydrogen-bond donors (Lipinski definition) is 1. The topological polar surface area (TPSA) is 123 Å². The molecule has 0 radical (unpaired) electrons. The van der Waals surface area contributed by atoms with Crippen LogP contribution in [0, 0.1) is 12.8 Å². The molecule has 0 bridgehead atoms. The lowest BCUT2D eigenvalue weighted by Crippen LogP contribution is -2.43. The summed E-state index contributed by atoms with van der Waals surface area (Å²) in [6.45, 7) is 3.23. The Bertz CT molecular complexity index is 1150. The number of aryl methyl sites for hydroxylation is 2. The van der Waals surface area contributed by atoms with Gasteiger partial charge in [0.1, 0.15) is 0 Å². The summed E-state index contributed by atoms with van der Waals surface area (Å²) in [6.07, 6.45) is 2.89. The van der Waals surface area contributed by atoms with Crippen LogP contribution >= 0.6 is 0 Å². The Kier molecular flexibility index (Phi) is 6.06. The van der Waals surface area contributed by atoms with Crippen LogP contribution in [0.4, 0.5) is 0 Å². The van der Waals surface area contributed by atoms with Gasteiger partial charge in [0.2, 0.25) is 17.7 Å². The van der Waals surface area contributed by atoms with Gasteiger partial charge in [0.25, 0.3) is 5.56 Å². The second kappa shape index (κ2) is 9.07. The van der Waals surface area contributed by atoms with Gasteiger partial charge in [0, 0.05) is 32.0 Å². The molecule has 1 aliphatic rings. The van der Waals surface area contributed by atoms with E-state index in [4.69, 9.17) is 4.52 Å². The summed E-state index contributed by atoms with van der Waals surface area (Å²) in [5, 5.41) is 7.04. The molecule has 0 saturated carbocycles. The van der Waals surface area contributed by atoms with Gasteiger partial charge in [-0.15, -0.1) is 0 Å². The third-order valence-electron chi connectivity index (χ3n) is 5.50. The largest absolute Gasteiger partial charge is 0.347 e. The smallest absolute Gasteiger partial charge is 0.261 e. The lowest BCUT2D eigenvalue weighted by molar-refractivity contribution is -0.135. The minimum Gasteiger partial charge on any atom is -0.347 e. The number of piperidine rings is 1. The Morgan fingerprint density at radius 1 is 1.23 bits per heavy atom. The average molecular weight is 424 g/mol. The predicted octanol–water partition coefficient (Wildman–Crippen LogP) is 1.03. The van der Waals surface area contributed by atoms with Crippen molar-refractivity contribution < 1.29 is 14.1 Å². The van der Waals surface area contributed by atoms with Gasteiger partial charge in [-0.05, 0) is 31.9 Å². The Morgan fingerprint density at radius 2 is 2.00 bits per heavy atom. The molecule has 2 aromatic heterocycles. The minimum atomic E-state index is -0.152.